The lowest BCUT2D eigenvalue weighted by atomic mass is 9.81. The smallest absolute Gasteiger partial charge is 0.0624 e. The molecule has 1 atom stereocenters. The van der Waals surface area contributed by atoms with E-state index in [-0.39, 0.29) is 11.5 Å². The van der Waals surface area contributed by atoms with Gasteiger partial charge in [-0.3, -0.25) is 0 Å². The Kier molecular flexibility index (Phi) is 3.17. The highest BCUT2D eigenvalue weighted by Gasteiger charge is 2.34. The maximum atomic E-state index is 10.00. The van der Waals surface area contributed by atoms with Gasteiger partial charge in [-0.25, -0.2) is 0 Å². The molecule has 0 spiro atoms. The lowest BCUT2D eigenvalue weighted by Gasteiger charge is -2.43. The van der Waals surface area contributed by atoms with E-state index >= 15 is 0 Å². The van der Waals surface area contributed by atoms with E-state index < -0.39 is 0 Å². The molecule has 2 nitrogen and oxygen atoms in total. The average molecular weight is 233 g/mol. The molecule has 0 aliphatic carbocycles. The molecule has 0 radical (unpaired) electrons. The summed E-state index contributed by atoms with van der Waals surface area (Å²) in [6, 6.07) is 6.47. The molecule has 0 aromatic heterocycles. The van der Waals surface area contributed by atoms with Crippen LogP contribution in [-0.2, 0) is 0 Å². The van der Waals surface area contributed by atoms with E-state index in [1.54, 1.807) is 0 Å². The third-order valence-corrected chi connectivity index (χ3v) is 4.09. The molecule has 2 heteroatoms. The second-order valence-corrected chi connectivity index (χ2v) is 5.93. The number of hydrogen-bond acceptors (Lipinski definition) is 2. The largest absolute Gasteiger partial charge is 0.392 e. The fraction of sp³-hybridized carbons (Fsp3) is 0.600. The Morgan fingerprint density at radius 1 is 1.29 bits per heavy atom. The Labute approximate surface area is 104 Å². The van der Waals surface area contributed by atoms with Crippen LogP contribution in [0.5, 0.6) is 0 Å². The molecule has 1 aliphatic rings. The minimum atomic E-state index is -0.177. The fourth-order valence-corrected chi connectivity index (χ4v) is 2.63. The number of piperidine rings is 1. The van der Waals surface area contributed by atoms with Gasteiger partial charge < -0.3 is 10.0 Å². The molecule has 94 valence electrons. The first-order chi connectivity index (χ1) is 7.92. The molecule has 1 aromatic rings. The van der Waals surface area contributed by atoms with Crippen molar-refractivity contribution < 1.29 is 5.11 Å². The van der Waals surface area contributed by atoms with Crippen molar-refractivity contribution in [3.8, 4) is 0 Å². The van der Waals surface area contributed by atoms with E-state index in [4.69, 9.17) is 0 Å². The molecule has 2 rings (SSSR count). The topological polar surface area (TPSA) is 23.5 Å². The van der Waals surface area contributed by atoms with Gasteiger partial charge in [-0.1, -0.05) is 26.0 Å². The van der Waals surface area contributed by atoms with Crippen molar-refractivity contribution in [3.05, 3.63) is 29.3 Å². The molecule has 1 aromatic carbocycles. The third kappa shape index (κ3) is 2.32. The van der Waals surface area contributed by atoms with Gasteiger partial charge in [0.2, 0.25) is 0 Å². The van der Waals surface area contributed by atoms with Crippen LogP contribution in [0.3, 0.4) is 0 Å². The van der Waals surface area contributed by atoms with Crippen LogP contribution in [0.4, 0.5) is 5.69 Å². The SMILES string of the molecule is Cc1cccc(N2CCC(O)C(C)(C)C2)c1C. The molecular weight excluding hydrogens is 210 g/mol. The first-order valence-corrected chi connectivity index (χ1v) is 6.41. The molecule has 1 heterocycles. The van der Waals surface area contributed by atoms with Crippen molar-refractivity contribution in [3.63, 3.8) is 0 Å². The highest BCUT2D eigenvalue weighted by Crippen LogP contribution is 2.33. The molecule has 0 amide bonds. The van der Waals surface area contributed by atoms with Crippen molar-refractivity contribution in [1.82, 2.24) is 0 Å². The predicted octanol–water partition coefficient (Wildman–Crippen LogP) is 2.90. The maximum Gasteiger partial charge on any atom is 0.0624 e. The van der Waals surface area contributed by atoms with E-state index in [1.165, 1.54) is 16.8 Å². The Bertz CT molecular complexity index is 411. The van der Waals surface area contributed by atoms with Gasteiger partial charge in [0.1, 0.15) is 0 Å². The van der Waals surface area contributed by atoms with Crippen LogP contribution < -0.4 is 4.90 Å². The van der Waals surface area contributed by atoms with Gasteiger partial charge in [0, 0.05) is 24.2 Å². The Morgan fingerprint density at radius 3 is 2.65 bits per heavy atom. The van der Waals surface area contributed by atoms with Crippen LogP contribution in [0.2, 0.25) is 0 Å². The highest BCUT2D eigenvalue weighted by atomic mass is 16.3. The maximum absolute atomic E-state index is 10.00. The number of anilines is 1. The normalized spacial score (nSPS) is 23.8. The van der Waals surface area contributed by atoms with Gasteiger partial charge >= 0.3 is 0 Å². The van der Waals surface area contributed by atoms with Crippen LogP contribution in [0.25, 0.3) is 0 Å². The van der Waals surface area contributed by atoms with Crippen LogP contribution >= 0.6 is 0 Å². The van der Waals surface area contributed by atoms with Gasteiger partial charge in [-0.05, 0) is 37.5 Å². The van der Waals surface area contributed by atoms with Gasteiger partial charge in [0.05, 0.1) is 6.10 Å². The number of hydrogen-bond donors (Lipinski definition) is 1. The Balaban J connectivity index is 2.27. The van der Waals surface area contributed by atoms with E-state index in [0.717, 1.165) is 19.5 Å². The van der Waals surface area contributed by atoms with E-state index in [1.807, 2.05) is 0 Å². The molecule has 17 heavy (non-hydrogen) atoms. The monoisotopic (exact) mass is 233 g/mol. The van der Waals surface area contributed by atoms with Gasteiger partial charge in [0.25, 0.3) is 0 Å². The van der Waals surface area contributed by atoms with Crippen LogP contribution in [0, 0.1) is 19.3 Å². The summed E-state index contributed by atoms with van der Waals surface area (Å²) in [6.45, 7) is 10.5. The molecule has 1 unspecified atom stereocenters. The first-order valence-electron chi connectivity index (χ1n) is 6.41. The summed E-state index contributed by atoms with van der Waals surface area (Å²) >= 11 is 0. The van der Waals surface area contributed by atoms with Gasteiger partial charge in [-0.2, -0.15) is 0 Å². The second kappa shape index (κ2) is 4.34. The zero-order valence-electron chi connectivity index (χ0n) is 11.3. The summed E-state index contributed by atoms with van der Waals surface area (Å²) in [7, 11) is 0. The Morgan fingerprint density at radius 2 is 2.00 bits per heavy atom. The second-order valence-electron chi connectivity index (χ2n) is 5.93. The molecule has 1 aliphatic heterocycles. The first kappa shape index (κ1) is 12.4. The summed E-state index contributed by atoms with van der Waals surface area (Å²) < 4.78 is 0. The van der Waals surface area contributed by atoms with E-state index in [0.29, 0.717) is 0 Å². The van der Waals surface area contributed by atoms with Crippen molar-refractivity contribution in [2.45, 2.75) is 40.2 Å². The standard InChI is InChI=1S/C15H23NO/c1-11-6-5-7-13(12(11)2)16-9-8-14(17)15(3,4)10-16/h5-7,14,17H,8-10H2,1-4H3. The van der Waals surface area contributed by atoms with Crippen LogP contribution in [0.1, 0.15) is 31.4 Å². The summed E-state index contributed by atoms with van der Waals surface area (Å²) in [5, 5.41) is 10.00. The summed E-state index contributed by atoms with van der Waals surface area (Å²) in [6.07, 6.45) is 0.685. The van der Waals surface area contributed by atoms with E-state index in [9.17, 15) is 5.11 Å². The third-order valence-electron chi connectivity index (χ3n) is 4.09. The van der Waals surface area contributed by atoms with Crippen molar-refractivity contribution >= 4 is 5.69 Å². The highest BCUT2D eigenvalue weighted by molar-refractivity contribution is 5.56. The average Bonchev–Trinajstić information content (AvgIpc) is 2.26. The number of rotatable bonds is 1. The number of benzene rings is 1. The van der Waals surface area contributed by atoms with E-state index in [2.05, 4.69) is 50.8 Å². The van der Waals surface area contributed by atoms with Crippen molar-refractivity contribution in [1.29, 1.82) is 0 Å². The zero-order valence-corrected chi connectivity index (χ0v) is 11.3. The van der Waals surface area contributed by atoms with Gasteiger partial charge in [-0.15, -0.1) is 0 Å². The molecule has 1 fully saturated rings. The molecule has 0 bridgehead atoms. The molecule has 1 N–H and O–H groups in total. The van der Waals surface area contributed by atoms with Crippen molar-refractivity contribution in [2.24, 2.45) is 5.41 Å². The molecule has 0 saturated carbocycles. The number of aliphatic hydroxyl groups excluding tert-OH is 1. The fourth-order valence-electron chi connectivity index (χ4n) is 2.63. The summed E-state index contributed by atoms with van der Waals surface area (Å²) in [4.78, 5) is 2.41. The number of aryl methyl sites for hydroxylation is 1. The van der Waals surface area contributed by atoms with Crippen molar-refractivity contribution in [2.75, 3.05) is 18.0 Å². The minimum absolute atomic E-state index is 0.0194. The summed E-state index contributed by atoms with van der Waals surface area (Å²) in [5.74, 6) is 0. The number of nitrogens with zero attached hydrogens (tertiary/aromatic N) is 1. The van der Waals surface area contributed by atoms with Gasteiger partial charge in [0.15, 0.2) is 0 Å². The quantitative estimate of drug-likeness (QED) is 0.806. The Hall–Kier alpha value is -1.02. The lowest BCUT2D eigenvalue weighted by Crippen LogP contribution is -2.48. The predicted molar refractivity (Wildman–Crippen MR) is 72.5 cm³/mol. The molecular formula is C15H23NO. The molecule has 1 saturated heterocycles. The number of aliphatic hydroxyl groups is 1. The lowest BCUT2D eigenvalue weighted by molar-refractivity contribution is 0.0336. The summed E-state index contributed by atoms with van der Waals surface area (Å²) in [5.41, 5.74) is 4.00. The van der Waals surface area contributed by atoms with Crippen LogP contribution in [0.15, 0.2) is 18.2 Å². The zero-order chi connectivity index (χ0) is 12.6. The minimum Gasteiger partial charge on any atom is -0.392 e. The van der Waals surface area contributed by atoms with Crippen LogP contribution in [-0.4, -0.2) is 24.3 Å².